The normalized spacial score (nSPS) is 12.0. The van der Waals surface area contributed by atoms with E-state index >= 15 is 0 Å². The number of benzene rings is 2. The second-order valence-electron chi connectivity index (χ2n) is 8.04. The molecule has 2 amide bonds. The van der Waals surface area contributed by atoms with E-state index in [-0.39, 0.29) is 11.3 Å². The van der Waals surface area contributed by atoms with Crippen LogP contribution < -0.4 is 10.6 Å². The molecule has 1 atom stereocenters. The number of hydrogen-bond acceptors (Lipinski definition) is 4. The number of amides is 2. The van der Waals surface area contributed by atoms with Crippen molar-refractivity contribution in [1.29, 1.82) is 0 Å². The summed E-state index contributed by atoms with van der Waals surface area (Å²) in [7, 11) is 0. The van der Waals surface area contributed by atoms with Crippen LogP contribution in [0.2, 0.25) is 0 Å². The number of nitrogens with one attached hydrogen (secondary N) is 2. The Hall–Kier alpha value is -3.15. The van der Waals surface area contributed by atoms with E-state index in [9.17, 15) is 14.4 Å². The van der Waals surface area contributed by atoms with Crippen LogP contribution >= 0.6 is 0 Å². The summed E-state index contributed by atoms with van der Waals surface area (Å²) >= 11 is 0. The van der Waals surface area contributed by atoms with Gasteiger partial charge in [0.1, 0.15) is 6.04 Å². The van der Waals surface area contributed by atoms with Crippen LogP contribution in [0.25, 0.3) is 0 Å². The average Bonchev–Trinajstić information content (AvgIpc) is 2.67. The van der Waals surface area contributed by atoms with Gasteiger partial charge in [0.25, 0.3) is 11.8 Å². The third-order valence-electron chi connectivity index (χ3n) is 4.40. The van der Waals surface area contributed by atoms with E-state index in [1.54, 1.807) is 24.3 Å². The number of rotatable bonds is 6. The second kappa shape index (κ2) is 9.37. The topological polar surface area (TPSA) is 84.5 Å². The van der Waals surface area contributed by atoms with Crippen LogP contribution in [0.5, 0.6) is 0 Å². The number of ether oxygens (including phenoxy) is 1. The van der Waals surface area contributed by atoms with Gasteiger partial charge in [0, 0.05) is 11.3 Å². The van der Waals surface area contributed by atoms with Crippen LogP contribution in [0.4, 0.5) is 5.69 Å². The third kappa shape index (κ3) is 6.75. The zero-order valence-corrected chi connectivity index (χ0v) is 17.5. The molecule has 2 aromatic rings. The first-order chi connectivity index (χ1) is 13.6. The second-order valence-corrected chi connectivity index (χ2v) is 8.04. The molecule has 0 aliphatic carbocycles. The zero-order valence-electron chi connectivity index (χ0n) is 17.5. The summed E-state index contributed by atoms with van der Waals surface area (Å²) in [6.07, 6.45) is 0. The van der Waals surface area contributed by atoms with E-state index in [1.807, 2.05) is 31.2 Å². The lowest BCUT2D eigenvalue weighted by Gasteiger charge is -2.19. The Morgan fingerprint density at radius 3 is 2.10 bits per heavy atom. The quantitative estimate of drug-likeness (QED) is 0.731. The Morgan fingerprint density at radius 1 is 0.966 bits per heavy atom. The van der Waals surface area contributed by atoms with Gasteiger partial charge >= 0.3 is 5.97 Å². The number of esters is 1. The highest BCUT2D eigenvalue weighted by molar-refractivity contribution is 5.97. The van der Waals surface area contributed by atoms with Gasteiger partial charge in [-0.1, -0.05) is 50.6 Å². The molecule has 2 aromatic carbocycles. The van der Waals surface area contributed by atoms with Crippen molar-refractivity contribution in [3.05, 3.63) is 65.2 Å². The fourth-order valence-electron chi connectivity index (χ4n) is 2.56. The monoisotopic (exact) mass is 396 g/mol. The molecule has 6 nitrogen and oxygen atoms in total. The smallest absolute Gasteiger partial charge is 0.328 e. The minimum atomic E-state index is -0.878. The van der Waals surface area contributed by atoms with Crippen molar-refractivity contribution in [2.75, 3.05) is 11.9 Å². The Balaban J connectivity index is 1.82. The number of hydrogen-bond donors (Lipinski definition) is 2. The Bertz CT molecular complexity index is 865. The van der Waals surface area contributed by atoms with Crippen LogP contribution in [0.3, 0.4) is 0 Å². The van der Waals surface area contributed by atoms with Gasteiger partial charge in [-0.3, -0.25) is 9.59 Å². The first kappa shape index (κ1) is 22.1. The molecule has 6 heteroatoms. The molecule has 0 spiro atoms. The molecule has 0 bridgehead atoms. The first-order valence-electron chi connectivity index (χ1n) is 9.51. The van der Waals surface area contributed by atoms with E-state index < -0.39 is 24.5 Å². The molecule has 0 saturated heterocycles. The van der Waals surface area contributed by atoms with Crippen molar-refractivity contribution in [2.24, 2.45) is 0 Å². The van der Waals surface area contributed by atoms with E-state index in [4.69, 9.17) is 4.74 Å². The molecule has 0 aromatic heterocycles. The lowest BCUT2D eigenvalue weighted by atomic mass is 9.86. The van der Waals surface area contributed by atoms with Crippen LogP contribution in [-0.2, 0) is 19.7 Å². The number of carbonyl (C=O) groups excluding carboxylic acids is 3. The van der Waals surface area contributed by atoms with E-state index in [1.165, 1.54) is 6.92 Å². The van der Waals surface area contributed by atoms with Gasteiger partial charge in [0.2, 0.25) is 0 Å². The minimum Gasteiger partial charge on any atom is -0.454 e. The van der Waals surface area contributed by atoms with Crippen molar-refractivity contribution in [1.82, 2.24) is 5.32 Å². The maximum absolute atomic E-state index is 12.3. The van der Waals surface area contributed by atoms with Gasteiger partial charge in [0.05, 0.1) is 0 Å². The van der Waals surface area contributed by atoms with E-state index in [2.05, 4.69) is 31.4 Å². The minimum absolute atomic E-state index is 0.00867. The van der Waals surface area contributed by atoms with E-state index in [0.29, 0.717) is 11.3 Å². The lowest BCUT2D eigenvalue weighted by molar-refractivity contribution is -0.148. The summed E-state index contributed by atoms with van der Waals surface area (Å²) in [6.45, 7) is 9.32. The average molecular weight is 396 g/mol. The number of aryl methyl sites for hydroxylation is 1. The fourth-order valence-corrected chi connectivity index (χ4v) is 2.56. The summed E-state index contributed by atoms with van der Waals surface area (Å²) in [6, 6.07) is 13.6. The lowest BCUT2D eigenvalue weighted by Crippen LogP contribution is -2.40. The molecule has 2 N–H and O–H groups in total. The summed E-state index contributed by atoms with van der Waals surface area (Å²) < 4.78 is 5.00. The first-order valence-corrected chi connectivity index (χ1v) is 9.51. The molecular weight excluding hydrogens is 368 g/mol. The largest absolute Gasteiger partial charge is 0.454 e. The van der Waals surface area contributed by atoms with Crippen molar-refractivity contribution in [3.8, 4) is 0 Å². The Kier molecular flexibility index (Phi) is 7.15. The molecule has 2 rings (SSSR count). The Labute approximate surface area is 171 Å². The molecule has 154 valence electrons. The highest BCUT2D eigenvalue weighted by Crippen LogP contribution is 2.22. The highest BCUT2D eigenvalue weighted by atomic mass is 16.5. The van der Waals surface area contributed by atoms with Gasteiger partial charge in [-0.2, -0.15) is 0 Å². The van der Waals surface area contributed by atoms with Crippen LogP contribution in [-0.4, -0.2) is 30.4 Å². The number of anilines is 1. The maximum atomic E-state index is 12.3. The summed E-state index contributed by atoms with van der Waals surface area (Å²) in [4.78, 5) is 36.3. The predicted molar refractivity (Wildman–Crippen MR) is 113 cm³/mol. The van der Waals surface area contributed by atoms with Crippen molar-refractivity contribution in [2.45, 2.75) is 46.1 Å². The van der Waals surface area contributed by atoms with Crippen molar-refractivity contribution < 1.29 is 19.1 Å². The standard InChI is InChI=1S/C23H28N2O4/c1-15-6-12-19(13-7-15)25-20(26)14-29-22(28)16(2)24-21(27)17-8-10-18(11-9-17)23(3,4)5/h6-13,16H,14H2,1-5H3,(H,24,27)(H,25,26)/t16-/m0/s1. The molecule has 0 heterocycles. The predicted octanol–water partition coefficient (Wildman–Crippen LogP) is 3.59. The van der Waals surface area contributed by atoms with Crippen LogP contribution in [0.15, 0.2) is 48.5 Å². The highest BCUT2D eigenvalue weighted by Gasteiger charge is 2.20. The van der Waals surface area contributed by atoms with Gasteiger partial charge in [-0.25, -0.2) is 4.79 Å². The third-order valence-corrected chi connectivity index (χ3v) is 4.40. The molecule has 0 aliphatic rings. The summed E-state index contributed by atoms with van der Waals surface area (Å²) in [5, 5.41) is 5.23. The van der Waals surface area contributed by atoms with Crippen LogP contribution in [0.1, 0.15) is 49.2 Å². The van der Waals surface area contributed by atoms with Gasteiger partial charge in [-0.15, -0.1) is 0 Å². The fraction of sp³-hybridized carbons (Fsp3) is 0.348. The SMILES string of the molecule is Cc1ccc(NC(=O)COC(=O)[C@H](C)NC(=O)c2ccc(C(C)(C)C)cc2)cc1. The maximum Gasteiger partial charge on any atom is 0.328 e. The molecule has 0 saturated carbocycles. The number of carbonyl (C=O) groups is 3. The summed E-state index contributed by atoms with van der Waals surface area (Å²) in [5.74, 6) is -1.50. The van der Waals surface area contributed by atoms with Crippen molar-refractivity contribution >= 4 is 23.5 Å². The molecule has 0 unspecified atom stereocenters. The zero-order chi connectivity index (χ0) is 21.6. The Morgan fingerprint density at radius 2 is 1.55 bits per heavy atom. The molecule has 29 heavy (non-hydrogen) atoms. The van der Waals surface area contributed by atoms with Crippen molar-refractivity contribution in [3.63, 3.8) is 0 Å². The summed E-state index contributed by atoms with van der Waals surface area (Å²) in [5.41, 5.74) is 3.25. The molecule has 0 fully saturated rings. The molecule has 0 aliphatic heterocycles. The van der Waals surface area contributed by atoms with Gasteiger partial charge in [0.15, 0.2) is 6.61 Å². The van der Waals surface area contributed by atoms with Gasteiger partial charge < -0.3 is 15.4 Å². The molecule has 0 radical (unpaired) electrons. The molecular formula is C23H28N2O4. The van der Waals surface area contributed by atoms with E-state index in [0.717, 1.165) is 11.1 Å². The van der Waals surface area contributed by atoms with Crippen LogP contribution in [0, 0.1) is 6.92 Å². The van der Waals surface area contributed by atoms with Gasteiger partial charge in [-0.05, 0) is 49.1 Å².